The van der Waals surface area contributed by atoms with Crippen molar-refractivity contribution in [2.24, 2.45) is 0 Å². The molecule has 0 rings (SSSR count). The normalized spacial score (nSPS) is 9.17. The molecule has 0 aromatic heterocycles. The van der Waals surface area contributed by atoms with E-state index >= 15 is 0 Å². The number of aliphatic hydroxyl groups is 1. The fourth-order valence-corrected chi connectivity index (χ4v) is 0.545. The van der Waals surface area contributed by atoms with Gasteiger partial charge in [-0.2, -0.15) is 0 Å². The summed E-state index contributed by atoms with van der Waals surface area (Å²) in [7, 11) is 1.20. The standard InChI is InChI=1S/C7H10O5/c1-12-7(11)3-2-5(9)6(10)4-8/h8H,2-4H2,1H3. The average Bonchev–Trinajstić information content (AvgIpc) is 2.11. The summed E-state index contributed by atoms with van der Waals surface area (Å²) < 4.78 is 4.25. The summed E-state index contributed by atoms with van der Waals surface area (Å²) in [5.74, 6) is -2.17. The molecule has 0 aromatic carbocycles. The average molecular weight is 174 g/mol. The molecule has 5 heteroatoms. The van der Waals surface area contributed by atoms with Gasteiger partial charge in [-0.25, -0.2) is 0 Å². The topological polar surface area (TPSA) is 80.7 Å². The molecule has 0 heterocycles. The SMILES string of the molecule is COC(=O)CCC(=O)C(=O)CO. The van der Waals surface area contributed by atoms with Gasteiger partial charge in [-0.1, -0.05) is 0 Å². The minimum atomic E-state index is -0.876. The van der Waals surface area contributed by atoms with Crippen molar-refractivity contribution in [3.05, 3.63) is 0 Å². The molecular formula is C7H10O5. The molecule has 0 atom stereocenters. The molecule has 0 amide bonds. The summed E-state index contributed by atoms with van der Waals surface area (Å²) in [5, 5.41) is 8.24. The van der Waals surface area contributed by atoms with Gasteiger partial charge in [0.05, 0.1) is 13.5 Å². The van der Waals surface area contributed by atoms with Gasteiger partial charge < -0.3 is 9.84 Å². The van der Waals surface area contributed by atoms with Gasteiger partial charge >= 0.3 is 5.97 Å². The van der Waals surface area contributed by atoms with E-state index in [0.717, 1.165) is 0 Å². The molecule has 68 valence electrons. The molecule has 0 radical (unpaired) electrons. The van der Waals surface area contributed by atoms with E-state index in [4.69, 9.17) is 5.11 Å². The van der Waals surface area contributed by atoms with E-state index in [0.29, 0.717) is 0 Å². The van der Waals surface area contributed by atoms with Crippen molar-refractivity contribution in [2.75, 3.05) is 13.7 Å². The Morgan fingerprint density at radius 1 is 1.17 bits per heavy atom. The Balaban J connectivity index is 3.72. The number of ether oxygens (including phenoxy) is 1. The van der Waals surface area contributed by atoms with Gasteiger partial charge in [-0.05, 0) is 0 Å². The fraction of sp³-hybridized carbons (Fsp3) is 0.571. The van der Waals surface area contributed by atoms with Crippen LogP contribution in [-0.2, 0) is 19.1 Å². The van der Waals surface area contributed by atoms with Gasteiger partial charge in [0.1, 0.15) is 6.61 Å². The molecule has 0 unspecified atom stereocenters. The van der Waals surface area contributed by atoms with Crippen LogP contribution < -0.4 is 0 Å². The van der Waals surface area contributed by atoms with Crippen LogP contribution in [0.1, 0.15) is 12.8 Å². The number of hydrogen-bond acceptors (Lipinski definition) is 5. The van der Waals surface area contributed by atoms with Crippen LogP contribution in [0.4, 0.5) is 0 Å². The highest BCUT2D eigenvalue weighted by molar-refractivity contribution is 6.37. The Kier molecular flexibility index (Phi) is 4.87. The predicted molar refractivity (Wildman–Crippen MR) is 38.3 cm³/mol. The highest BCUT2D eigenvalue weighted by Gasteiger charge is 2.13. The molecule has 0 spiro atoms. The van der Waals surface area contributed by atoms with Crippen LogP contribution in [0.25, 0.3) is 0 Å². The maximum Gasteiger partial charge on any atom is 0.305 e. The number of ketones is 2. The van der Waals surface area contributed by atoms with Crippen molar-refractivity contribution in [2.45, 2.75) is 12.8 Å². The lowest BCUT2D eigenvalue weighted by Crippen LogP contribution is -2.18. The van der Waals surface area contributed by atoms with Crippen LogP contribution in [0.3, 0.4) is 0 Å². The third-order valence-corrected chi connectivity index (χ3v) is 1.24. The van der Waals surface area contributed by atoms with E-state index in [1.165, 1.54) is 7.11 Å². The summed E-state index contributed by atoms with van der Waals surface area (Å²) in [5.41, 5.74) is 0. The van der Waals surface area contributed by atoms with Crippen LogP contribution in [0.5, 0.6) is 0 Å². The third-order valence-electron chi connectivity index (χ3n) is 1.24. The van der Waals surface area contributed by atoms with Gasteiger partial charge in [0.15, 0.2) is 0 Å². The first-order chi connectivity index (χ1) is 5.61. The summed E-state index contributed by atoms with van der Waals surface area (Å²) in [6.45, 7) is -0.806. The number of methoxy groups -OCH3 is 1. The van der Waals surface area contributed by atoms with E-state index in [9.17, 15) is 14.4 Å². The zero-order valence-electron chi connectivity index (χ0n) is 6.70. The van der Waals surface area contributed by atoms with Crippen molar-refractivity contribution in [1.29, 1.82) is 0 Å². The highest BCUT2D eigenvalue weighted by Crippen LogP contribution is 1.93. The first-order valence-electron chi connectivity index (χ1n) is 3.35. The van der Waals surface area contributed by atoms with Crippen molar-refractivity contribution >= 4 is 17.5 Å². The number of carbonyl (C=O) groups is 3. The first kappa shape index (κ1) is 10.8. The van der Waals surface area contributed by atoms with Gasteiger partial charge in [0.25, 0.3) is 0 Å². The summed E-state index contributed by atoms with van der Waals surface area (Å²) in [4.78, 5) is 31.6. The molecule has 5 nitrogen and oxygen atoms in total. The quantitative estimate of drug-likeness (QED) is 0.430. The summed E-state index contributed by atoms with van der Waals surface area (Å²) >= 11 is 0. The maximum absolute atomic E-state index is 10.7. The Morgan fingerprint density at radius 3 is 2.17 bits per heavy atom. The molecular weight excluding hydrogens is 164 g/mol. The zero-order chi connectivity index (χ0) is 9.56. The molecule has 0 aromatic rings. The Morgan fingerprint density at radius 2 is 1.75 bits per heavy atom. The number of carbonyl (C=O) groups excluding carboxylic acids is 3. The molecule has 0 saturated carbocycles. The number of Topliss-reactive ketones (excluding diaryl/α,β-unsaturated/α-hetero) is 2. The smallest absolute Gasteiger partial charge is 0.305 e. The number of rotatable bonds is 5. The molecule has 0 fully saturated rings. The zero-order valence-corrected chi connectivity index (χ0v) is 6.70. The lowest BCUT2D eigenvalue weighted by molar-refractivity contribution is -0.143. The van der Waals surface area contributed by atoms with E-state index < -0.39 is 24.1 Å². The van der Waals surface area contributed by atoms with E-state index in [1.54, 1.807) is 0 Å². The van der Waals surface area contributed by atoms with Crippen molar-refractivity contribution in [3.8, 4) is 0 Å². The second kappa shape index (κ2) is 5.42. The third kappa shape index (κ3) is 3.82. The van der Waals surface area contributed by atoms with Crippen molar-refractivity contribution in [1.82, 2.24) is 0 Å². The number of aliphatic hydroxyl groups excluding tert-OH is 1. The molecule has 1 N–H and O–H groups in total. The molecule has 0 aliphatic carbocycles. The van der Waals surface area contributed by atoms with E-state index in [1.807, 2.05) is 0 Å². The van der Waals surface area contributed by atoms with Gasteiger partial charge in [0.2, 0.25) is 11.6 Å². The van der Waals surface area contributed by atoms with Crippen LogP contribution in [0, 0.1) is 0 Å². The summed E-state index contributed by atoms with van der Waals surface area (Å²) in [6.07, 6.45) is -0.326. The molecule has 0 saturated heterocycles. The monoisotopic (exact) mass is 174 g/mol. The molecule has 12 heavy (non-hydrogen) atoms. The first-order valence-corrected chi connectivity index (χ1v) is 3.35. The Labute approximate surface area is 69.3 Å². The molecule has 0 aliphatic rings. The van der Waals surface area contributed by atoms with E-state index in [2.05, 4.69) is 4.74 Å². The van der Waals surface area contributed by atoms with E-state index in [-0.39, 0.29) is 12.8 Å². The minimum absolute atomic E-state index is 0.124. The van der Waals surface area contributed by atoms with Gasteiger partial charge in [0, 0.05) is 6.42 Å². The lowest BCUT2D eigenvalue weighted by Gasteiger charge is -1.96. The van der Waals surface area contributed by atoms with Crippen molar-refractivity contribution < 1.29 is 24.2 Å². The lowest BCUT2D eigenvalue weighted by atomic mass is 10.1. The highest BCUT2D eigenvalue weighted by atomic mass is 16.5. The minimum Gasteiger partial charge on any atom is -0.469 e. The number of esters is 1. The summed E-state index contributed by atoms with van der Waals surface area (Å²) in [6, 6.07) is 0. The van der Waals surface area contributed by atoms with Gasteiger partial charge in [-0.15, -0.1) is 0 Å². The largest absolute Gasteiger partial charge is 0.469 e. The van der Waals surface area contributed by atoms with Crippen LogP contribution in [-0.4, -0.2) is 36.4 Å². The Hall–Kier alpha value is -1.23. The van der Waals surface area contributed by atoms with Crippen LogP contribution in [0.2, 0.25) is 0 Å². The molecule has 0 aliphatic heterocycles. The predicted octanol–water partition coefficient (Wildman–Crippen LogP) is -0.930. The van der Waals surface area contributed by atoms with Crippen molar-refractivity contribution in [3.63, 3.8) is 0 Å². The van der Waals surface area contributed by atoms with Crippen LogP contribution in [0.15, 0.2) is 0 Å². The second-order valence-electron chi connectivity index (χ2n) is 2.08. The second-order valence-corrected chi connectivity index (χ2v) is 2.08. The fourth-order valence-electron chi connectivity index (χ4n) is 0.545. The number of hydrogen-bond donors (Lipinski definition) is 1. The molecule has 0 bridgehead atoms. The maximum atomic E-state index is 10.7. The van der Waals surface area contributed by atoms with Gasteiger partial charge in [-0.3, -0.25) is 14.4 Å². The Bertz CT molecular complexity index is 196. The van der Waals surface area contributed by atoms with Crippen LogP contribution >= 0.6 is 0 Å².